The molecule has 0 aromatic rings. The van der Waals surface area contributed by atoms with Crippen LogP contribution in [0.15, 0.2) is 0 Å². The summed E-state index contributed by atoms with van der Waals surface area (Å²) in [4.78, 5) is 11.6. The fourth-order valence-electron chi connectivity index (χ4n) is 2.99. The Kier molecular flexibility index (Phi) is 14.0. The van der Waals surface area contributed by atoms with E-state index in [9.17, 15) is 9.90 Å². The van der Waals surface area contributed by atoms with Crippen molar-refractivity contribution in [2.75, 3.05) is 6.61 Å². The molecule has 0 aromatic carbocycles. The maximum atomic E-state index is 11.6. The van der Waals surface area contributed by atoms with Gasteiger partial charge in [0.2, 0.25) is 5.91 Å². The lowest BCUT2D eigenvalue weighted by Gasteiger charge is -2.22. The topological polar surface area (TPSA) is 63.3 Å². The van der Waals surface area contributed by atoms with E-state index in [1.807, 2.05) is 0 Å². The molecule has 126 valence electrons. The van der Waals surface area contributed by atoms with Crippen molar-refractivity contribution in [2.45, 2.75) is 90.9 Å². The van der Waals surface area contributed by atoms with Gasteiger partial charge in [-0.25, -0.2) is 0 Å². The normalized spacial score (nSPS) is 14.0. The van der Waals surface area contributed by atoms with Crippen LogP contribution >= 0.6 is 0 Å². The number of rotatable bonds is 15. The Labute approximate surface area is 131 Å². The van der Waals surface area contributed by atoms with Crippen LogP contribution in [0.5, 0.6) is 0 Å². The van der Waals surface area contributed by atoms with Crippen LogP contribution in [0.1, 0.15) is 90.9 Å². The van der Waals surface area contributed by atoms with Gasteiger partial charge in [0.15, 0.2) is 0 Å². The highest BCUT2D eigenvalue weighted by Crippen LogP contribution is 2.24. The molecule has 3 heteroatoms. The van der Waals surface area contributed by atoms with Crippen LogP contribution < -0.4 is 5.73 Å². The monoisotopic (exact) mass is 299 g/mol. The smallest absolute Gasteiger partial charge is 0.220 e. The van der Waals surface area contributed by atoms with Crippen LogP contribution in [0.3, 0.4) is 0 Å². The van der Waals surface area contributed by atoms with Gasteiger partial charge in [-0.05, 0) is 18.8 Å². The van der Waals surface area contributed by atoms with E-state index in [0.717, 1.165) is 32.1 Å². The van der Waals surface area contributed by atoms with Gasteiger partial charge in [0, 0.05) is 12.5 Å². The summed E-state index contributed by atoms with van der Waals surface area (Å²) in [5.74, 6) is -0.304. The van der Waals surface area contributed by atoms with E-state index in [2.05, 4.69) is 13.8 Å². The first kappa shape index (κ1) is 20.4. The van der Waals surface area contributed by atoms with Crippen LogP contribution in [0.25, 0.3) is 0 Å². The molecule has 3 nitrogen and oxygen atoms in total. The van der Waals surface area contributed by atoms with Crippen LogP contribution in [0.4, 0.5) is 0 Å². The van der Waals surface area contributed by atoms with Gasteiger partial charge in [-0.1, -0.05) is 78.1 Å². The zero-order valence-corrected chi connectivity index (χ0v) is 14.3. The van der Waals surface area contributed by atoms with Crippen molar-refractivity contribution in [3.8, 4) is 0 Å². The quantitative estimate of drug-likeness (QED) is 0.440. The SMILES string of the molecule is CCCCCCCCCCC(C(N)=O)C(CO)CCCC. The second-order valence-electron chi connectivity index (χ2n) is 6.36. The van der Waals surface area contributed by atoms with Crippen LogP contribution in [-0.4, -0.2) is 17.6 Å². The minimum absolute atomic E-state index is 0.0620. The van der Waals surface area contributed by atoms with Crippen molar-refractivity contribution < 1.29 is 9.90 Å². The Morgan fingerprint density at radius 3 is 1.86 bits per heavy atom. The molecule has 0 heterocycles. The summed E-state index contributed by atoms with van der Waals surface area (Å²) in [5, 5.41) is 9.49. The van der Waals surface area contributed by atoms with Crippen LogP contribution in [-0.2, 0) is 4.79 Å². The fourth-order valence-corrected chi connectivity index (χ4v) is 2.99. The lowest BCUT2D eigenvalue weighted by molar-refractivity contribution is -0.124. The third-order valence-corrected chi connectivity index (χ3v) is 4.47. The number of aliphatic hydroxyl groups excluding tert-OH is 1. The molecule has 1 amide bonds. The Morgan fingerprint density at radius 1 is 0.857 bits per heavy atom. The molecule has 0 aliphatic heterocycles. The number of carbonyl (C=O) groups is 1. The number of unbranched alkanes of at least 4 members (excludes halogenated alkanes) is 8. The summed E-state index contributed by atoms with van der Waals surface area (Å²) >= 11 is 0. The standard InChI is InChI=1S/C18H37NO2/c1-3-5-7-8-9-10-11-12-14-17(18(19)21)16(15-20)13-6-4-2/h16-17,20H,3-15H2,1-2H3,(H2,19,21). The molecule has 0 aliphatic carbocycles. The van der Waals surface area contributed by atoms with E-state index in [1.54, 1.807) is 0 Å². The first-order chi connectivity index (χ1) is 10.2. The highest BCUT2D eigenvalue weighted by Gasteiger charge is 2.24. The van der Waals surface area contributed by atoms with Gasteiger partial charge in [-0.15, -0.1) is 0 Å². The fraction of sp³-hybridized carbons (Fsp3) is 0.944. The van der Waals surface area contributed by atoms with Gasteiger partial charge in [-0.2, -0.15) is 0 Å². The summed E-state index contributed by atoms with van der Waals surface area (Å²) in [5.41, 5.74) is 5.53. The van der Waals surface area contributed by atoms with E-state index in [4.69, 9.17) is 5.73 Å². The Balaban J connectivity index is 3.85. The maximum absolute atomic E-state index is 11.6. The van der Waals surface area contributed by atoms with Gasteiger partial charge in [0.1, 0.15) is 0 Å². The van der Waals surface area contributed by atoms with E-state index >= 15 is 0 Å². The number of amides is 1. The number of nitrogens with two attached hydrogens (primary N) is 1. The molecule has 2 atom stereocenters. The molecular formula is C18H37NO2. The minimum Gasteiger partial charge on any atom is -0.396 e. The van der Waals surface area contributed by atoms with Gasteiger partial charge >= 0.3 is 0 Å². The average molecular weight is 299 g/mol. The molecule has 0 saturated heterocycles. The second-order valence-corrected chi connectivity index (χ2v) is 6.36. The Morgan fingerprint density at radius 2 is 1.38 bits per heavy atom. The van der Waals surface area contributed by atoms with Crippen molar-refractivity contribution in [3.63, 3.8) is 0 Å². The molecular weight excluding hydrogens is 262 g/mol. The largest absolute Gasteiger partial charge is 0.396 e. The van der Waals surface area contributed by atoms with Gasteiger partial charge in [-0.3, -0.25) is 4.79 Å². The molecule has 0 spiro atoms. The second kappa shape index (κ2) is 14.4. The summed E-state index contributed by atoms with van der Waals surface area (Å²) in [6.45, 7) is 4.46. The van der Waals surface area contributed by atoms with E-state index in [-0.39, 0.29) is 24.3 Å². The third-order valence-electron chi connectivity index (χ3n) is 4.47. The van der Waals surface area contributed by atoms with Crippen molar-refractivity contribution >= 4 is 5.91 Å². The molecule has 21 heavy (non-hydrogen) atoms. The molecule has 0 saturated carbocycles. The van der Waals surface area contributed by atoms with Crippen molar-refractivity contribution in [1.82, 2.24) is 0 Å². The lowest BCUT2D eigenvalue weighted by atomic mass is 9.84. The van der Waals surface area contributed by atoms with Gasteiger partial charge in [0.25, 0.3) is 0 Å². The Bertz CT molecular complexity index is 243. The van der Waals surface area contributed by atoms with Crippen LogP contribution in [0.2, 0.25) is 0 Å². The molecule has 0 rings (SSSR count). The van der Waals surface area contributed by atoms with E-state index in [1.165, 1.54) is 44.9 Å². The first-order valence-corrected chi connectivity index (χ1v) is 9.07. The minimum atomic E-state index is -0.229. The summed E-state index contributed by atoms with van der Waals surface area (Å²) in [6, 6.07) is 0. The lowest BCUT2D eigenvalue weighted by Crippen LogP contribution is -2.32. The number of carbonyl (C=O) groups excluding carboxylic acids is 1. The van der Waals surface area contributed by atoms with E-state index < -0.39 is 0 Å². The third kappa shape index (κ3) is 10.8. The number of hydrogen-bond donors (Lipinski definition) is 2. The molecule has 3 N–H and O–H groups in total. The highest BCUT2D eigenvalue weighted by molar-refractivity contribution is 5.76. The molecule has 0 aliphatic rings. The van der Waals surface area contributed by atoms with Crippen LogP contribution in [0, 0.1) is 11.8 Å². The molecule has 2 unspecified atom stereocenters. The molecule has 0 bridgehead atoms. The number of hydrogen-bond acceptors (Lipinski definition) is 2. The predicted octanol–water partition coefficient (Wildman–Crippen LogP) is 4.42. The van der Waals surface area contributed by atoms with Crippen molar-refractivity contribution in [2.24, 2.45) is 17.6 Å². The van der Waals surface area contributed by atoms with Crippen molar-refractivity contribution in [3.05, 3.63) is 0 Å². The Hall–Kier alpha value is -0.570. The molecule has 0 radical (unpaired) electrons. The van der Waals surface area contributed by atoms with E-state index in [0.29, 0.717) is 0 Å². The zero-order valence-electron chi connectivity index (χ0n) is 14.3. The molecule has 0 fully saturated rings. The average Bonchev–Trinajstić information content (AvgIpc) is 2.47. The number of aliphatic hydroxyl groups is 1. The predicted molar refractivity (Wildman–Crippen MR) is 90.0 cm³/mol. The highest BCUT2D eigenvalue weighted by atomic mass is 16.3. The summed E-state index contributed by atoms with van der Waals surface area (Å²) < 4.78 is 0. The van der Waals surface area contributed by atoms with Gasteiger partial charge in [0.05, 0.1) is 0 Å². The summed E-state index contributed by atoms with van der Waals surface area (Å²) in [6.07, 6.45) is 14.1. The van der Waals surface area contributed by atoms with Crippen molar-refractivity contribution in [1.29, 1.82) is 0 Å². The number of primary amides is 1. The summed E-state index contributed by atoms with van der Waals surface area (Å²) in [7, 11) is 0. The first-order valence-electron chi connectivity index (χ1n) is 9.07. The maximum Gasteiger partial charge on any atom is 0.220 e. The van der Waals surface area contributed by atoms with Gasteiger partial charge < -0.3 is 10.8 Å². The molecule has 0 aromatic heterocycles. The zero-order chi connectivity index (χ0) is 15.9.